The number of hydrogen-bond donors (Lipinski definition) is 0. The van der Waals surface area contributed by atoms with Gasteiger partial charge in [0.05, 0.1) is 17.6 Å². The van der Waals surface area contributed by atoms with Gasteiger partial charge in [-0.3, -0.25) is 4.57 Å². The van der Waals surface area contributed by atoms with Crippen LogP contribution in [0.25, 0.3) is 16.5 Å². The van der Waals surface area contributed by atoms with Crippen molar-refractivity contribution in [2.45, 2.75) is 10.9 Å². The molecular weight excluding hydrogens is 364 g/mol. The van der Waals surface area contributed by atoms with Gasteiger partial charge in [0, 0.05) is 16.2 Å². The molecule has 3 heterocycles. The zero-order valence-electron chi connectivity index (χ0n) is 12.3. The molecule has 0 fully saturated rings. The molecule has 0 amide bonds. The molecule has 0 saturated heterocycles. The summed E-state index contributed by atoms with van der Waals surface area (Å²) in [6.07, 6.45) is 3.34. The normalized spacial score (nSPS) is 11.0. The Morgan fingerprint density at radius 2 is 2.21 bits per heavy atom. The summed E-state index contributed by atoms with van der Waals surface area (Å²) in [5.74, 6) is 1.49. The Bertz CT molecular complexity index is 949. The minimum atomic E-state index is 0.680. The van der Waals surface area contributed by atoms with Gasteiger partial charge in [-0.15, -0.1) is 21.5 Å². The van der Waals surface area contributed by atoms with E-state index in [0.717, 1.165) is 27.3 Å². The lowest BCUT2D eigenvalue weighted by Crippen LogP contribution is -1.95. The maximum atomic E-state index is 6.06. The highest BCUT2D eigenvalue weighted by Crippen LogP contribution is 2.28. The first-order chi connectivity index (χ1) is 11.8. The monoisotopic (exact) mass is 374 g/mol. The van der Waals surface area contributed by atoms with Crippen molar-refractivity contribution in [2.75, 3.05) is 0 Å². The van der Waals surface area contributed by atoms with E-state index in [4.69, 9.17) is 16.0 Å². The first-order valence-electron chi connectivity index (χ1n) is 7.06. The lowest BCUT2D eigenvalue weighted by atomic mass is 10.3. The number of furan rings is 1. The average Bonchev–Trinajstić information content (AvgIpc) is 3.33. The van der Waals surface area contributed by atoms with Crippen LogP contribution in [0, 0.1) is 0 Å². The minimum Gasteiger partial charge on any atom is -0.462 e. The second-order valence-electron chi connectivity index (χ2n) is 4.87. The van der Waals surface area contributed by atoms with Crippen LogP contribution in [0.2, 0.25) is 5.02 Å². The smallest absolute Gasteiger partial charge is 0.195 e. The summed E-state index contributed by atoms with van der Waals surface area (Å²) < 4.78 is 7.29. The van der Waals surface area contributed by atoms with Crippen LogP contribution in [0.4, 0.5) is 0 Å². The van der Waals surface area contributed by atoms with Crippen LogP contribution in [0.15, 0.2) is 63.9 Å². The third-order valence-electron chi connectivity index (χ3n) is 3.24. The van der Waals surface area contributed by atoms with Gasteiger partial charge in [0.2, 0.25) is 0 Å². The maximum Gasteiger partial charge on any atom is 0.195 e. The van der Waals surface area contributed by atoms with Gasteiger partial charge in [0.1, 0.15) is 6.33 Å². The van der Waals surface area contributed by atoms with Crippen molar-refractivity contribution < 1.29 is 4.42 Å². The molecule has 0 bridgehead atoms. The Hall–Kier alpha value is -2.09. The topological polar surface area (TPSA) is 56.7 Å². The molecule has 0 unspecified atom stereocenters. The zero-order chi connectivity index (χ0) is 16.4. The number of rotatable bonds is 5. The Morgan fingerprint density at radius 3 is 3.04 bits per heavy atom. The van der Waals surface area contributed by atoms with Gasteiger partial charge in [-0.05, 0) is 30.3 Å². The molecule has 0 aliphatic carbocycles. The number of thiazole rings is 1. The number of thioether (sulfide) groups is 1. The fraction of sp³-hybridized carbons (Fsp3) is 0.0625. The molecular formula is C16H11ClN4OS2. The van der Waals surface area contributed by atoms with Crippen molar-refractivity contribution in [3.05, 3.63) is 65.1 Å². The number of benzene rings is 1. The molecule has 0 N–H and O–H groups in total. The highest BCUT2D eigenvalue weighted by Gasteiger charge is 2.11. The summed E-state index contributed by atoms with van der Waals surface area (Å²) >= 11 is 9.21. The van der Waals surface area contributed by atoms with Gasteiger partial charge in [-0.2, -0.15) is 0 Å². The van der Waals surface area contributed by atoms with Gasteiger partial charge in [-0.25, -0.2) is 4.98 Å². The summed E-state index contributed by atoms with van der Waals surface area (Å²) in [6, 6.07) is 11.4. The molecule has 120 valence electrons. The van der Waals surface area contributed by atoms with E-state index in [1.165, 1.54) is 0 Å². The molecule has 0 radical (unpaired) electrons. The van der Waals surface area contributed by atoms with Gasteiger partial charge >= 0.3 is 0 Å². The summed E-state index contributed by atoms with van der Waals surface area (Å²) in [5, 5.41) is 12.6. The molecule has 0 atom stereocenters. The fourth-order valence-corrected chi connectivity index (χ4v) is 4.05. The van der Waals surface area contributed by atoms with E-state index in [9.17, 15) is 0 Å². The minimum absolute atomic E-state index is 0.680. The van der Waals surface area contributed by atoms with E-state index in [2.05, 4.69) is 15.2 Å². The van der Waals surface area contributed by atoms with E-state index in [0.29, 0.717) is 10.8 Å². The first-order valence-corrected chi connectivity index (χ1v) is 9.31. The Morgan fingerprint density at radius 1 is 1.25 bits per heavy atom. The van der Waals surface area contributed by atoms with Crippen LogP contribution in [0.3, 0.4) is 0 Å². The lowest BCUT2D eigenvalue weighted by molar-refractivity contribution is 0.581. The van der Waals surface area contributed by atoms with Crippen molar-refractivity contribution in [3.63, 3.8) is 0 Å². The second-order valence-corrected chi connectivity index (χ2v) is 7.11. The van der Waals surface area contributed by atoms with Gasteiger partial charge < -0.3 is 4.42 Å². The third kappa shape index (κ3) is 3.24. The predicted molar refractivity (Wildman–Crippen MR) is 95.7 cm³/mol. The quantitative estimate of drug-likeness (QED) is 0.463. The van der Waals surface area contributed by atoms with Gasteiger partial charge in [0.25, 0.3) is 0 Å². The summed E-state index contributed by atoms with van der Waals surface area (Å²) in [7, 11) is 0. The molecule has 0 aliphatic rings. The molecule has 0 saturated carbocycles. The van der Waals surface area contributed by atoms with Gasteiger partial charge in [0.15, 0.2) is 15.9 Å². The molecule has 0 spiro atoms. The Balaban J connectivity index is 1.50. The average molecular weight is 375 g/mol. The lowest BCUT2D eigenvalue weighted by Gasteiger charge is -2.05. The molecule has 1 aromatic carbocycles. The first kappa shape index (κ1) is 15.4. The molecule has 0 aliphatic heterocycles. The molecule has 8 heteroatoms. The predicted octanol–water partition coefficient (Wildman–Crippen LogP) is 4.93. The van der Waals surface area contributed by atoms with Crippen molar-refractivity contribution >= 4 is 34.7 Å². The highest BCUT2D eigenvalue weighted by molar-refractivity contribution is 7.98. The Kier molecular flexibility index (Phi) is 4.38. The van der Waals surface area contributed by atoms with E-state index in [1.807, 2.05) is 46.3 Å². The molecule has 24 heavy (non-hydrogen) atoms. The van der Waals surface area contributed by atoms with Crippen molar-refractivity contribution in [1.29, 1.82) is 0 Å². The molecule has 3 aromatic heterocycles. The third-order valence-corrected chi connectivity index (χ3v) is 5.35. The summed E-state index contributed by atoms with van der Waals surface area (Å²) in [6.45, 7) is 0. The Labute approximate surface area is 151 Å². The number of halogens is 1. The molecule has 4 aromatic rings. The van der Waals surface area contributed by atoms with E-state index in [-0.39, 0.29) is 0 Å². The van der Waals surface area contributed by atoms with Crippen molar-refractivity contribution in [2.24, 2.45) is 0 Å². The van der Waals surface area contributed by atoms with Crippen LogP contribution in [-0.4, -0.2) is 19.7 Å². The standard InChI is InChI=1S/C16H11ClN4OS2/c17-11-3-1-4-13(7-11)21-10-18-20-16(21)24-9-12-8-23-15(19-12)14-5-2-6-22-14/h1-8,10H,9H2. The van der Waals surface area contributed by atoms with E-state index in [1.54, 1.807) is 35.7 Å². The fourth-order valence-electron chi connectivity index (χ4n) is 2.15. The van der Waals surface area contributed by atoms with Crippen molar-refractivity contribution in [3.8, 4) is 16.5 Å². The largest absolute Gasteiger partial charge is 0.462 e. The number of aromatic nitrogens is 4. The van der Waals surface area contributed by atoms with Crippen LogP contribution in [0.1, 0.15) is 5.69 Å². The SMILES string of the molecule is Clc1cccc(-n2cnnc2SCc2csc(-c3ccco3)n2)c1. The highest BCUT2D eigenvalue weighted by atomic mass is 35.5. The molecule has 4 rings (SSSR count). The van der Waals surface area contributed by atoms with Gasteiger partial charge in [-0.1, -0.05) is 29.4 Å². The number of nitrogens with zero attached hydrogens (tertiary/aromatic N) is 4. The van der Waals surface area contributed by atoms with Crippen LogP contribution < -0.4 is 0 Å². The van der Waals surface area contributed by atoms with Crippen molar-refractivity contribution in [1.82, 2.24) is 19.7 Å². The van der Waals surface area contributed by atoms with Crippen LogP contribution in [0.5, 0.6) is 0 Å². The van der Waals surface area contributed by atoms with Crippen LogP contribution >= 0.6 is 34.7 Å². The zero-order valence-corrected chi connectivity index (χ0v) is 14.7. The maximum absolute atomic E-state index is 6.06. The van der Waals surface area contributed by atoms with E-state index >= 15 is 0 Å². The summed E-state index contributed by atoms with van der Waals surface area (Å²) in [5.41, 5.74) is 1.92. The van der Waals surface area contributed by atoms with E-state index < -0.39 is 0 Å². The second kappa shape index (κ2) is 6.80. The summed E-state index contributed by atoms with van der Waals surface area (Å²) in [4.78, 5) is 4.59. The number of hydrogen-bond acceptors (Lipinski definition) is 6. The molecule has 5 nitrogen and oxygen atoms in total. The van der Waals surface area contributed by atoms with Crippen LogP contribution in [-0.2, 0) is 5.75 Å².